The molecule has 128 valence electrons. The fourth-order valence-corrected chi connectivity index (χ4v) is 3.18. The van der Waals surface area contributed by atoms with Crippen molar-refractivity contribution in [2.45, 2.75) is 19.0 Å². The molecule has 0 aliphatic rings. The van der Waals surface area contributed by atoms with Gasteiger partial charge in [-0.2, -0.15) is 0 Å². The summed E-state index contributed by atoms with van der Waals surface area (Å²) in [6, 6.07) is 14.0. The Balaban J connectivity index is 1.72. The molecule has 3 aromatic rings. The van der Waals surface area contributed by atoms with Crippen LogP contribution in [0.3, 0.4) is 0 Å². The quantitative estimate of drug-likeness (QED) is 0.707. The van der Waals surface area contributed by atoms with E-state index in [-0.39, 0.29) is 17.3 Å². The number of thioether (sulfide) groups is 1. The fourth-order valence-electron chi connectivity index (χ4n) is 2.38. The highest BCUT2D eigenvalue weighted by Crippen LogP contribution is 2.23. The van der Waals surface area contributed by atoms with Gasteiger partial charge in [0.2, 0.25) is 5.91 Å². The van der Waals surface area contributed by atoms with Gasteiger partial charge in [-0.1, -0.05) is 36.0 Å². The lowest BCUT2D eigenvalue weighted by molar-refractivity contribution is -0.113. The summed E-state index contributed by atoms with van der Waals surface area (Å²) in [4.78, 5) is 12.1. The first-order valence-corrected chi connectivity index (χ1v) is 8.69. The monoisotopic (exact) mass is 356 g/mol. The third-order valence-electron chi connectivity index (χ3n) is 3.54. The van der Waals surface area contributed by atoms with Crippen LogP contribution in [-0.4, -0.2) is 26.4 Å². The molecule has 3 rings (SSSR count). The third-order valence-corrected chi connectivity index (χ3v) is 4.46. The van der Waals surface area contributed by atoms with Crippen molar-refractivity contribution in [1.29, 1.82) is 0 Å². The van der Waals surface area contributed by atoms with Crippen LogP contribution in [0.5, 0.6) is 0 Å². The van der Waals surface area contributed by atoms with E-state index in [9.17, 15) is 9.18 Å². The van der Waals surface area contributed by atoms with Crippen LogP contribution in [0.25, 0.3) is 5.69 Å². The molecule has 1 N–H and O–H groups in total. The van der Waals surface area contributed by atoms with E-state index in [0.29, 0.717) is 5.16 Å². The lowest BCUT2D eigenvalue weighted by Crippen LogP contribution is -2.15. The SMILES string of the molecule is Cc1cccc(-n2c(C)nnc2SCC(=O)Nc2ccccc2F)c1. The number of anilines is 1. The number of para-hydroxylation sites is 1. The highest BCUT2D eigenvalue weighted by Gasteiger charge is 2.14. The van der Waals surface area contributed by atoms with Gasteiger partial charge in [-0.05, 0) is 43.7 Å². The van der Waals surface area contributed by atoms with E-state index in [1.54, 1.807) is 12.1 Å². The van der Waals surface area contributed by atoms with Gasteiger partial charge in [-0.25, -0.2) is 4.39 Å². The smallest absolute Gasteiger partial charge is 0.234 e. The van der Waals surface area contributed by atoms with E-state index in [4.69, 9.17) is 0 Å². The van der Waals surface area contributed by atoms with Crippen LogP contribution in [0.4, 0.5) is 10.1 Å². The number of benzene rings is 2. The van der Waals surface area contributed by atoms with E-state index in [0.717, 1.165) is 17.1 Å². The minimum atomic E-state index is -0.459. The molecular formula is C18H17FN4OS. The number of nitrogens with one attached hydrogen (secondary N) is 1. The second-order valence-electron chi connectivity index (χ2n) is 5.52. The van der Waals surface area contributed by atoms with Crippen LogP contribution in [0.15, 0.2) is 53.7 Å². The van der Waals surface area contributed by atoms with Crippen molar-refractivity contribution in [1.82, 2.24) is 14.8 Å². The molecule has 5 nitrogen and oxygen atoms in total. The summed E-state index contributed by atoms with van der Waals surface area (Å²) in [7, 11) is 0. The Morgan fingerprint density at radius 1 is 1.16 bits per heavy atom. The topological polar surface area (TPSA) is 59.8 Å². The van der Waals surface area contributed by atoms with Crippen molar-refractivity contribution < 1.29 is 9.18 Å². The highest BCUT2D eigenvalue weighted by atomic mass is 32.2. The maximum absolute atomic E-state index is 13.6. The summed E-state index contributed by atoms with van der Waals surface area (Å²) in [5.41, 5.74) is 2.24. The van der Waals surface area contributed by atoms with Gasteiger partial charge in [-0.3, -0.25) is 9.36 Å². The van der Waals surface area contributed by atoms with Crippen LogP contribution >= 0.6 is 11.8 Å². The lowest BCUT2D eigenvalue weighted by Gasteiger charge is -2.09. The van der Waals surface area contributed by atoms with E-state index in [2.05, 4.69) is 15.5 Å². The van der Waals surface area contributed by atoms with Gasteiger partial charge in [-0.15, -0.1) is 10.2 Å². The first kappa shape index (κ1) is 17.2. The van der Waals surface area contributed by atoms with Crippen molar-refractivity contribution in [3.63, 3.8) is 0 Å². The molecule has 0 atom stereocenters. The van der Waals surface area contributed by atoms with Crippen molar-refractivity contribution >= 4 is 23.4 Å². The molecule has 7 heteroatoms. The molecular weight excluding hydrogens is 339 g/mol. The number of carbonyl (C=O) groups is 1. The number of aromatic nitrogens is 3. The Labute approximate surface area is 149 Å². The molecule has 1 heterocycles. The Bertz CT molecular complexity index is 910. The Hall–Kier alpha value is -2.67. The van der Waals surface area contributed by atoms with E-state index in [1.165, 1.54) is 23.9 Å². The number of carbonyl (C=O) groups excluding carboxylic acids is 1. The molecule has 0 saturated heterocycles. The van der Waals surface area contributed by atoms with Crippen LogP contribution in [-0.2, 0) is 4.79 Å². The molecule has 0 fully saturated rings. The zero-order valence-corrected chi connectivity index (χ0v) is 14.7. The van der Waals surface area contributed by atoms with E-state index < -0.39 is 5.82 Å². The summed E-state index contributed by atoms with van der Waals surface area (Å²) < 4.78 is 15.5. The molecule has 1 aromatic heterocycles. The number of hydrogen-bond donors (Lipinski definition) is 1. The molecule has 25 heavy (non-hydrogen) atoms. The van der Waals surface area contributed by atoms with Gasteiger partial charge in [0.1, 0.15) is 11.6 Å². The minimum absolute atomic E-state index is 0.109. The average molecular weight is 356 g/mol. The zero-order chi connectivity index (χ0) is 17.8. The molecule has 0 radical (unpaired) electrons. The van der Waals surface area contributed by atoms with Gasteiger partial charge in [0, 0.05) is 5.69 Å². The predicted octanol–water partition coefficient (Wildman–Crippen LogP) is 3.75. The Kier molecular flexibility index (Phi) is 5.14. The lowest BCUT2D eigenvalue weighted by atomic mass is 10.2. The average Bonchev–Trinajstić information content (AvgIpc) is 2.96. The number of nitrogens with zero attached hydrogens (tertiary/aromatic N) is 3. The number of rotatable bonds is 5. The highest BCUT2D eigenvalue weighted by molar-refractivity contribution is 7.99. The third kappa shape index (κ3) is 4.06. The first-order chi connectivity index (χ1) is 12.0. The maximum atomic E-state index is 13.6. The molecule has 0 spiro atoms. The predicted molar refractivity (Wildman–Crippen MR) is 96.6 cm³/mol. The van der Waals surface area contributed by atoms with Crippen molar-refractivity contribution in [3.05, 3.63) is 65.7 Å². The summed E-state index contributed by atoms with van der Waals surface area (Å²) in [5, 5.41) is 11.4. The van der Waals surface area contributed by atoms with Crippen molar-refractivity contribution in [2.24, 2.45) is 0 Å². The van der Waals surface area contributed by atoms with Gasteiger partial charge < -0.3 is 5.32 Å². The summed E-state index contributed by atoms with van der Waals surface area (Å²) in [6.45, 7) is 3.87. The van der Waals surface area contributed by atoms with Gasteiger partial charge in [0.15, 0.2) is 5.16 Å². The first-order valence-electron chi connectivity index (χ1n) is 7.71. The van der Waals surface area contributed by atoms with Crippen molar-refractivity contribution in [2.75, 3.05) is 11.1 Å². The molecule has 0 aliphatic heterocycles. The number of halogens is 1. The second-order valence-corrected chi connectivity index (χ2v) is 6.46. The molecule has 2 aromatic carbocycles. The minimum Gasteiger partial charge on any atom is -0.323 e. The number of aryl methyl sites for hydroxylation is 2. The second kappa shape index (κ2) is 7.48. The number of hydrogen-bond acceptors (Lipinski definition) is 4. The molecule has 0 aliphatic carbocycles. The molecule has 0 unspecified atom stereocenters. The van der Waals surface area contributed by atoms with Crippen LogP contribution in [0, 0.1) is 19.7 Å². The summed E-state index contributed by atoms with van der Waals surface area (Å²) in [5.74, 6) is 0.0898. The van der Waals surface area contributed by atoms with Gasteiger partial charge in [0.05, 0.1) is 11.4 Å². The summed E-state index contributed by atoms with van der Waals surface area (Å²) >= 11 is 1.26. The maximum Gasteiger partial charge on any atom is 0.234 e. The van der Waals surface area contributed by atoms with Crippen LogP contribution < -0.4 is 5.32 Å². The van der Waals surface area contributed by atoms with Crippen LogP contribution in [0.2, 0.25) is 0 Å². The standard InChI is InChI=1S/C18H17FN4OS/c1-12-6-5-7-14(10-12)23-13(2)21-22-18(23)25-11-17(24)20-16-9-4-3-8-15(16)19/h3-10H,11H2,1-2H3,(H,20,24). The number of amides is 1. The normalized spacial score (nSPS) is 10.7. The van der Waals surface area contributed by atoms with Crippen LogP contribution in [0.1, 0.15) is 11.4 Å². The van der Waals surface area contributed by atoms with Gasteiger partial charge >= 0.3 is 0 Å². The Morgan fingerprint density at radius 2 is 1.96 bits per heavy atom. The van der Waals surface area contributed by atoms with Crippen molar-refractivity contribution in [3.8, 4) is 5.69 Å². The van der Waals surface area contributed by atoms with Gasteiger partial charge in [0.25, 0.3) is 0 Å². The van der Waals surface area contributed by atoms with E-state index >= 15 is 0 Å². The largest absolute Gasteiger partial charge is 0.323 e. The molecule has 0 saturated carbocycles. The Morgan fingerprint density at radius 3 is 2.72 bits per heavy atom. The fraction of sp³-hybridized carbons (Fsp3) is 0.167. The van der Waals surface area contributed by atoms with E-state index in [1.807, 2.05) is 42.7 Å². The molecule has 0 bridgehead atoms. The zero-order valence-electron chi connectivity index (χ0n) is 13.9. The molecule has 1 amide bonds. The summed E-state index contributed by atoms with van der Waals surface area (Å²) in [6.07, 6.45) is 0.